The second kappa shape index (κ2) is 7.15. The second-order valence-electron chi connectivity index (χ2n) is 5.22. The van der Waals surface area contributed by atoms with Crippen molar-refractivity contribution in [3.8, 4) is 0 Å². The molecule has 1 aromatic rings. The lowest BCUT2D eigenvalue weighted by atomic mass is 9.92. The molecule has 1 aromatic heterocycles. The van der Waals surface area contributed by atoms with E-state index in [4.69, 9.17) is 0 Å². The normalized spacial score (nSPS) is 22.8. The molecule has 2 rings (SSSR count). The molecule has 1 saturated carbocycles. The SMILES string of the molecule is CCN(C(C)=O)c1nc(CNC2CCCCC2O)cs1. The first-order valence-corrected chi connectivity index (χ1v) is 8.13. The fourth-order valence-corrected chi connectivity index (χ4v) is 3.51. The van der Waals surface area contributed by atoms with Gasteiger partial charge in [-0.15, -0.1) is 11.3 Å². The first-order chi connectivity index (χ1) is 9.61. The lowest BCUT2D eigenvalue weighted by Crippen LogP contribution is -2.41. The standard InChI is InChI=1S/C14H23N3O2S/c1-3-17(10(2)18)14-16-11(9-20-14)8-15-12-6-4-5-7-13(12)19/h9,12-13,15,19H,3-8H2,1-2H3. The Morgan fingerprint density at radius 3 is 2.95 bits per heavy atom. The van der Waals surface area contributed by atoms with Crippen molar-refractivity contribution in [3.63, 3.8) is 0 Å². The van der Waals surface area contributed by atoms with E-state index in [1.54, 1.807) is 11.8 Å². The Morgan fingerprint density at radius 2 is 2.30 bits per heavy atom. The van der Waals surface area contributed by atoms with Crippen LogP contribution < -0.4 is 10.2 Å². The number of aliphatic hydroxyl groups excluding tert-OH is 1. The van der Waals surface area contributed by atoms with Gasteiger partial charge in [0.2, 0.25) is 5.91 Å². The summed E-state index contributed by atoms with van der Waals surface area (Å²) in [4.78, 5) is 17.6. The highest BCUT2D eigenvalue weighted by molar-refractivity contribution is 7.14. The minimum atomic E-state index is -0.244. The number of carbonyl (C=O) groups excluding carboxylic acids is 1. The zero-order valence-electron chi connectivity index (χ0n) is 12.1. The van der Waals surface area contributed by atoms with Crippen LogP contribution in [0.3, 0.4) is 0 Å². The van der Waals surface area contributed by atoms with Gasteiger partial charge in [-0.05, 0) is 19.8 Å². The molecule has 1 aliphatic rings. The third-order valence-electron chi connectivity index (χ3n) is 3.74. The molecule has 20 heavy (non-hydrogen) atoms. The van der Waals surface area contributed by atoms with Crippen LogP contribution >= 0.6 is 11.3 Å². The van der Waals surface area contributed by atoms with E-state index in [2.05, 4.69) is 10.3 Å². The number of nitrogens with one attached hydrogen (secondary N) is 1. The van der Waals surface area contributed by atoms with Gasteiger partial charge in [0.15, 0.2) is 5.13 Å². The van der Waals surface area contributed by atoms with Crippen LogP contribution in [0.5, 0.6) is 0 Å². The number of aromatic nitrogens is 1. The number of hydrogen-bond acceptors (Lipinski definition) is 5. The van der Waals surface area contributed by atoms with Crippen molar-refractivity contribution in [1.29, 1.82) is 0 Å². The van der Waals surface area contributed by atoms with Gasteiger partial charge in [-0.1, -0.05) is 12.8 Å². The van der Waals surface area contributed by atoms with Crippen molar-refractivity contribution in [2.75, 3.05) is 11.4 Å². The van der Waals surface area contributed by atoms with Crippen LogP contribution in [0.1, 0.15) is 45.2 Å². The number of anilines is 1. The van der Waals surface area contributed by atoms with Gasteiger partial charge in [-0.25, -0.2) is 4.98 Å². The molecule has 1 amide bonds. The highest BCUT2D eigenvalue weighted by Crippen LogP contribution is 2.22. The quantitative estimate of drug-likeness (QED) is 0.871. The molecule has 2 unspecified atom stereocenters. The van der Waals surface area contributed by atoms with Crippen LogP contribution in [0.4, 0.5) is 5.13 Å². The number of aliphatic hydroxyl groups is 1. The molecule has 2 N–H and O–H groups in total. The van der Waals surface area contributed by atoms with Crippen molar-refractivity contribution in [3.05, 3.63) is 11.1 Å². The number of hydrogen-bond donors (Lipinski definition) is 2. The van der Waals surface area contributed by atoms with Gasteiger partial charge < -0.3 is 10.4 Å². The highest BCUT2D eigenvalue weighted by atomic mass is 32.1. The molecule has 1 heterocycles. The average molecular weight is 297 g/mol. The van der Waals surface area contributed by atoms with Crippen molar-refractivity contribution >= 4 is 22.4 Å². The van der Waals surface area contributed by atoms with E-state index in [1.165, 1.54) is 17.8 Å². The third-order valence-corrected chi connectivity index (χ3v) is 4.65. The van der Waals surface area contributed by atoms with Crippen LogP contribution in [0.15, 0.2) is 5.38 Å². The molecule has 1 fully saturated rings. The number of amides is 1. The largest absolute Gasteiger partial charge is 0.392 e. The maximum Gasteiger partial charge on any atom is 0.225 e. The van der Waals surface area contributed by atoms with Crippen molar-refractivity contribution in [2.24, 2.45) is 0 Å². The fraction of sp³-hybridized carbons (Fsp3) is 0.714. The van der Waals surface area contributed by atoms with E-state index in [1.807, 2.05) is 12.3 Å². The van der Waals surface area contributed by atoms with Crippen LogP contribution in [-0.2, 0) is 11.3 Å². The minimum absolute atomic E-state index is 0.0176. The molecule has 6 heteroatoms. The fourth-order valence-electron chi connectivity index (χ4n) is 2.58. The average Bonchev–Trinajstić information content (AvgIpc) is 2.87. The van der Waals surface area contributed by atoms with E-state index >= 15 is 0 Å². The molecule has 0 saturated heterocycles. The van der Waals surface area contributed by atoms with E-state index < -0.39 is 0 Å². The molecule has 1 aliphatic carbocycles. The van der Waals surface area contributed by atoms with Gasteiger partial charge in [0.05, 0.1) is 11.8 Å². The number of carbonyl (C=O) groups is 1. The first-order valence-electron chi connectivity index (χ1n) is 7.25. The molecule has 0 aromatic carbocycles. The minimum Gasteiger partial charge on any atom is -0.392 e. The summed E-state index contributed by atoms with van der Waals surface area (Å²) >= 11 is 1.49. The summed E-state index contributed by atoms with van der Waals surface area (Å²) in [5.41, 5.74) is 0.933. The lowest BCUT2D eigenvalue weighted by Gasteiger charge is -2.28. The summed E-state index contributed by atoms with van der Waals surface area (Å²) in [6, 6.07) is 0.170. The summed E-state index contributed by atoms with van der Waals surface area (Å²) < 4.78 is 0. The van der Waals surface area contributed by atoms with E-state index in [0.29, 0.717) is 13.1 Å². The lowest BCUT2D eigenvalue weighted by molar-refractivity contribution is -0.116. The zero-order valence-corrected chi connectivity index (χ0v) is 12.9. The van der Waals surface area contributed by atoms with Gasteiger partial charge in [-0.2, -0.15) is 0 Å². The number of rotatable bonds is 5. The monoisotopic (exact) mass is 297 g/mol. The Labute approximate surface area is 124 Å². The molecule has 0 spiro atoms. The van der Waals surface area contributed by atoms with Crippen LogP contribution in [0.2, 0.25) is 0 Å². The number of nitrogens with zero attached hydrogens (tertiary/aromatic N) is 2. The molecule has 5 nitrogen and oxygen atoms in total. The first kappa shape index (κ1) is 15.4. The van der Waals surface area contributed by atoms with Gasteiger partial charge >= 0.3 is 0 Å². The maximum absolute atomic E-state index is 11.5. The summed E-state index contributed by atoms with van der Waals surface area (Å²) in [7, 11) is 0. The Hall–Kier alpha value is -0.980. The summed E-state index contributed by atoms with van der Waals surface area (Å²) in [5, 5.41) is 16.0. The topological polar surface area (TPSA) is 65.5 Å². The van der Waals surface area contributed by atoms with Gasteiger partial charge in [0.1, 0.15) is 0 Å². The van der Waals surface area contributed by atoms with Crippen molar-refractivity contribution in [2.45, 2.75) is 58.2 Å². The van der Waals surface area contributed by atoms with Crippen LogP contribution in [-0.4, -0.2) is 34.7 Å². The van der Waals surface area contributed by atoms with Gasteiger partial charge in [0, 0.05) is 31.4 Å². The van der Waals surface area contributed by atoms with Crippen LogP contribution in [0, 0.1) is 0 Å². The van der Waals surface area contributed by atoms with Gasteiger partial charge in [0.25, 0.3) is 0 Å². The number of thiazole rings is 1. The maximum atomic E-state index is 11.5. The Morgan fingerprint density at radius 1 is 1.55 bits per heavy atom. The van der Waals surface area contributed by atoms with Crippen LogP contribution in [0.25, 0.3) is 0 Å². The summed E-state index contributed by atoms with van der Waals surface area (Å²) in [6.45, 7) is 4.78. The molecule has 0 bridgehead atoms. The predicted octanol–water partition coefficient (Wildman–Crippen LogP) is 1.91. The van der Waals surface area contributed by atoms with E-state index in [-0.39, 0.29) is 18.1 Å². The highest BCUT2D eigenvalue weighted by Gasteiger charge is 2.22. The van der Waals surface area contributed by atoms with Gasteiger partial charge in [-0.3, -0.25) is 9.69 Å². The predicted molar refractivity (Wildman–Crippen MR) is 80.9 cm³/mol. The summed E-state index contributed by atoms with van der Waals surface area (Å²) in [6.07, 6.45) is 3.95. The second-order valence-corrected chi connectivity index (χ2v) is 6.06. The molecule has 0 aliphatic heterocycles. The molecule has 0 radical (unpaired) electrons. The molecular weight excluding hydrogens is 274 g/mol. The van der Waals surface area contributed by atoms with Crippen molar-refractivity contribution in [1.82, 2.24) is 10.3 Å². The van der Waals surface area contributed by atoms with E-state index in [0.717, 1.165) is 30.1 Å². The Balaban J connectivity index is 1.90. The smallest absolute Gasteiger partial charge is 0.225 e. The Kier molecular flexibility index (Phi) is 5.51. The summed E-state index contributed by atoms with van der Waals surface area (Å²) in [5.74, 6) is 0.0176. The molecular formula is C14H23N3O2S. The third kappa shape index (κ3) is 3.77. The zero-order chi connectivity index (χ0) is 14.5. The Bertz CT molecular complexity index is 449. The van der Waals surface area contributed by atoms with E-state index in [9.17, 15) is 9.90 Å². The molecule has 112 valence electrons. The van der Waals surface area contributed by atoms with Crippen molar-refractivity contribution < 1.29 is 9.90 Å². The molecule has 2 atom stereocenters.